The van der Waals surface area contributed by atoms with E-state index in [2.05, 4.69) is 52.0 Å². The summed E-state index contributed by atoms with van der Waals surface area (Å²) in [6.45, 7) is 4.95. The van der Waals surface area contributed by atoms with Crippen molar-refractivity contribution in [2.24, 2.45) is 0 Å². The number of rotatable bonds is 78. The summed E-state index contributed by atoms with van der Waals surface area (Å²) in [5, 5.41) is 10.6. The smallest absolute Gasteiger partial charge is 0.462 e. The standard InChI is InChI=1S/C79H150O17P2/c1-5-9-13-17-21-25-29-33-36-40-44-48-52-56-60-64-77(82)90-70-75(96-79(84)66-62-58-54-50-46-42-38-35-31-27-23-19-15-11-7-3)72-94-98(87,88)92-68-73(80)67-91-97(85,86)93-71-74(69-89-76(81)63-59-55-51-47-43-39-32-28-24-20-16-12-8-4)95-78(83)65-61-57-53-49-45-41-37-34-30-26-22-18-14-10-6-2/h22,26,34,37,73-75,80H,5-21,23-25,27-33,35-36,38-72H2,1-4H3,(H,85,86)(H,87,88)/b26-22-,37-34-/t73-,74-,75-/m1/s1. The lowest BCUT2D eigenvalue weighted by atomic mass is 10.0. The predicted molar refractivity (Wildman–Crippen MR) is 400 cm³/mol. The van der Waals surface area contributed by atoms with E-state index in [9.17, 15) is 43.2 Å². The van der Waals surface area contributed by atoms with Crippen molar-refractivity contribution in [3.8, 4) is 0 Å². The molecule has 17 nitrogen and oxygen atoms in total. The molecule has 0 rings (SSSR count). The van der Waals surface area contributed by atoms with Gasteiger partial charge in [0.2, 0.25) is 0 Å². The number of allylic oxidation sites excluding steroid dienone is 4. The summed E-state index contributed by atoms with van der Waals surface area (Å²) >= 11 is 0. The second kappa shape index (κ2) is 72.9. The fourth-order valence-corrected chi connectivity index (χ4v) is 13.3. The maximum atomic E-state index is 13.1. The zero-order valence-corrected chi connectivity index (χ0v) is 65.0. The summed E-state index contributed by atoms with van der Waals surface area (Å²) in [7, 11) is -9.93. The van der Waals surface area contributed by atoms with Crippen molar-refractivity contribution < 1.29 is 80.2 Å². The molecule has 2 unspecified atom stereocenters. The molecule has 0 aromatic carbocycles. The highest BCUT2D eigenvalue weighted by atomic mass is 31.2. The second-order valence-electron chi connectivity index (χ2n) is 27.7. The van der Waals surface area contributed by atoms with Gasteiger partial charge in [-0.1, -0.05) is 341 Å². The monoisotopic (exact) mass is 1430 g/mol. The van der Waals surface area contributed by atoms with Crippen LogP contribution in [0.3, 0.4) is 0 Å². The van der Waals surface area contributed by atoms with Gasteiger partial charge in [0, 0.05) is 25.7 Å². The van der Waals surface area contributed by atoms with Gasteiger partial charge in [0.1, 0.15) is 19.3 Å². The van der Waals surface area contributed by atoms with Crippen molar-refractivity contribution in [1.82, 2.24) is 0 Å². The summed E-state index contributed by atoms with van der Waals surface area (Å²) in [5.41, 5.74) is 0. The summed E-state index contributed by atoms with van der Waals surface area (Å²) in [5.74, 6) is -2.13. The SMILES string of the molecule is CCCCC/C=C\C/C=C\CCCCCCCC(=O)O[C@H](COC(=O)CCCCCCCCCCCCCCC)COP(=O)(O)OC[C@@H](O)COP(=O)(O)OC[C@@H](COC(=O)CCCCCCCCCCCCCCCCC)OC(=O)CCCCCCCCCCCCCCCCC. The summed E-state index contributed by atoms with van der Waals surface area (Å²) in [4.78, 5) is 73.0. The van der Waals surface area contributed by atoms with Crippen LogP contribution in [0.2, 0.25) is 0 Å². The predicted octanol–water partition coefficient (Wildman–Crippen LogP) is 23.3. The molecule has 0 saturated carbocycles. The molecule has 0 heterocycles. The molecule has 19 heteroatoms. The molecule has 0 aliphatic heterocycles. The van der Waals surface area contributed by atoms with Crippen LogP contribution in [0.15, 0.2) is 24.3 Å². The van der Waals surface area contributed by atoms with E-state index in [4.69, 9.17) is 37.0 Å². The summed E-state index contributed by atoms with van der Waals surface area (Å²) in [6.07, 6.45) is 67.2. The van der Waals surface area contributed by atoms with Gasteiger partial charge in [-0.05, 0) is 57.8 Å². The molecule has 0 amide bonds. The maximum Gasteiger partial charge on any atom is 0.472 e. The van der Waals surface area contributed by atoms with Crippen LogP contribution in [0.1, 0.15) is 400 Å². The van der Waals surface area contributed by atoms with Crippen LogP contribution in [0, 0.1) is 0 Å². The zero-order valence-electron chi connectivity index (χ0n) is 63.2. The molecule has 3 N–H and O–H groups in total. The normalized spacial score (nSPS) is 14.0. The number of unbranched alkanes of at least 4 members (excludes halogenated alkanes) is 48. The van der Waals surface area contributed by atoms with E-state index in [0.717, 1.165) is 109 Å². The molecule has 0 bridgehead atoms. The molecule has 0 radical (unpaired) electrons. The Morgan fingerprint density at radius 3 is 0.776 bits per heavy atom. The van der Waals surface area contributed by atoms with Crippen molar-refractivity contribution in [1.29, 1.82) is 0 Å². The molecule has 0 aliphatic rings. The first-order valence-electron chi connectivity index (χ1n) is 40.6. The molecule has 0 spiro atoms. The number of carbonyl (C=O) groups is 4. The van der Waals surface area contributed by atoms with Gasteiger partial charge in [-0.2, -0.15) is 0 Å². The van der Waals surface area contributed by atoms with E-state index in [1.54, 1.807) is 0 Å². The Labute approximate surface area is 599 Å². The lowest BCUT2D eigenvalue weighted by Gasteiger charge is -2.21. The van der Waals surface area contributed by atoms with Crippen LogP contribution in [-0.4, -0.2) is 96.7 Å². The number of hydrogen-bond donors (Lipinski definition) is 3. The van der Waals surface area contributed by atoms with E-state index in [-0.39, 0.29) is 25.7 Å². The number of ether oxygens (including phenoxy) is 4. The number of esters is 4. The first kappa shape index (κ1) is 95.5. The fourth-order valence-electron chi connectivity index (χ4n) is 11.7. The number of aliphatic hydroxyl groups excluding tert-OH is 1. The van der Waals surface area contributed by atoms with Crippen LogP contribution >= 0.6 is 15.6 Å². The quantitative estimate of drug-likeness (QED) is 0.0169. The minimum Gasteiger partial charge on any atom is -0.462 e. The van der Waals surface area contributed by atoms with Gasteiger partial charge < -0.3 is 33.8 Å². The molecule has 0 saturated heterocycles. The number of phosphoric acid groups is 2. The average Bonchev–Trinajstić information content (AvgIpc) is 1.05. The van der Waals surface area contributed by atoms with Crippen molar-refractivity contribution in [3.05, 3.63) is 24.3 Å². The molecule has 5 atom stereocenters. The highest BCUT2D eigenvalue weighted by molar-refractivity contribution is 7.47. The van der Waals surface area contributed by atoms with Crippen molar-refractivity contribution in [2.45, 2.75) is 418 Å². The molecular formula is C79H150O17P2. The summed E-state index contributed by atoms with van der Waals surface area (Å²) < 4.78 is 68.6. The van der Waals surface area contributed by atoms with Gasteiger partial charge in [0.05, 0.1) is 26.4 Å². The Balaban J connectivity index is 5.30. The van der Waals surface area contributed by atoms with Crippen molar-refractivity contribution >= 4 is 39.5 Å². The van der Waals surface area contributed by atoms with Crippen LogP contribution in [0.25, 0.3) is 0 Å². The Morgan fingerprint density at radius 2 is 0.500 bits per heavy atom. The number of aliphatic hydroxyl groups is 1. The number of carbonyl (C=O) groups excluding carboxylic acids is 4. The Morgan fingerprint density at radius 1 is 0.286 bits per heavy atom. The van der Waals surface area contributed by atoms with E-state index in [1.165, 1.54) is 212 Å². The van der Waals surface area contributed by atoms with E-state index >= 15 is 0 Å². The highest BCUT2D eigenvalue weighted by Crippen LogP contribution is 2.45. The maximum absolute atomic E-state index is 13.1. The molecule has 578 valence electrons. The highest BCUT2D eigenvalue weighted by Gasteiger charge is 2.30. The van der Waals surface area contributed by atoms with Crippen LogP contribution in [-0.2, 0) is 65.4 Å². The molecule has 98 heavy (non-hydrogen) atoms. The molecule has 0 aromatic rings. The lowest BCUT2D eigenvalue weighted by molar-refractivity contribution is -0.161. The van der Waals surface area contributed by atoms with Gasteiger partial charge in [-0.15, -0.1) is 0 Å². The molecule has 0 fully saturated rings. The van der Waals surface area contributed by atoms with Gasteiger partial charge in [0.25, 0.3) is 0 Å². The Kier molecular flexibility index (Phi) is 71.0. The van der Waals surface area contributed by atoms with Crippen LogP contribution < -0.4 is 0 Å². The third-order valence-corrected chi connectivity index (χ3v) is 19.9. The van der Waals surface area contributed by atoms with Gasteiger partial charge in [-0.25, -0.2) is 9.13 Å². The van der Waals surface area contributed by atoms with Crippen LogP contribution in [0.5, 0.6) is 0 Å². The minimum absolute atomic E-state index is 0.0876. The van der Waals surface area contributed by atoms with Gasteiger partial charge >= 0.3 is 39.5 Å². The topological polar surface area (TPSA) is 237 Å². The lowest BCUT2D eigenvalue weighted by Crippen LogP contribution is -2.30. The zero-order chi connectivity index (χ0) is 71.8. The molecular weight excluding hydrogens is 1280 g/mol. The van der Waals surface area contributed by atoms with E-state index in [1.807, 2.05) is 0 Å². The summed E-state index contributed by atoms with van der Waals surface area (Å²) in [6, 6.07) is 0. The van der Waals surface area contributed by atoms with Crippen molar-refractivity contribution in [2.75, 3.05) is 39.6 Å². The van der Waals surface area contributed by atoms with Crippen molar-refractivity contribution in [3.63, 3.8) is 0 Å². The first-order chi connectivity index (χ1) is 47.7. The molecule has 0 aliphatic carbocycles. The third-order valence-electron chi connectivity index (χ3n) is 17.9. The second-order valence-corrected chi connectivity index (χ2v) is 30.6. The van der Waals surface area contributed by atoms with E-state index < -0.39 is 97.5 Å². The average molecular weight is 1430 g/mol. The Hall–Kier alpha value is -2.46. The fraction of sp³-hybridized carbons (Fsp3) is 0.899. The number of phosphoric ester groups is 2. The first-order valence-corrected chi connectivity index (χ1v) is 43.6. The Bertz CT molecular complexity index is 1950. The van der Waals surface area contributed by atoms with E-state index in [0.29, 0.717) is 25.7 Å². The van der Waals surface area contributed by atoms with Gasteiger partial charge in [-0.3, -0.25) is 37.3 Å². The number of hydrogen-bond acceptors (Lipinski definition) is 15. The largest absolute Gasteiger partial charge is 0.472 e. The molecule has 0 aromatic heterocycles. The minimum atomic E-state index is -4.97. The third kappa shape index (κ3) is 71.9. The van der Waals surface area contributed by atoms with Crippen LogP contribution in [0.4, 0.5) is 0 Å². The van der Waals surface area contributed by atoms with Gasteiger partial charge in [0.15, 0.2) is 12.2 Å².